The average molecular weight is 344 g/mol. The third kappa shape index (κ3) is 5.46. The maximum atomic E-state index is 12.2. The summed E-state index contributed by atoms with van der Waals surface area (Å²) in [7, 11) is 1.66. The van der Waals surface area contributed by atoms with Crippen molar-refractivity contribution in [1.29, 1.82) is 0 Å². The number of halogens is 1. The summed E-state index contributed by atoms with van der Waals surface area (Å²) in [6.07, 6.45) is 2.66. The van der Waals surface area contributed by atoms with E-state index >= 15 is 0 Å². The Morgan fingerprint density at radius 1 is 1.55 bits per heavy atom. The van der Waals surface area contributed by atoms with Crippen molar-refractivity contribution in [2.45, 2.75) is 20.3 Å². The van der Waals surface area contributed by atoms with E-state index in [4.69, 9.17) is 4.74 Å². The number of nitrogens with one attached hydrogen (secondary N) is 2. The first-order chi connectivity index (χ1) is 9.58. The molecule has 0 aromatic carbocycles. The number of aromatic nitrogens is 1. The first kappa shape index (κ1) is 16.9. The summed E-state index contributed by atoms with van der Waals surface area (Å²) in [5.41, 5.74) is 0.553. The number of pyridine rings is 1. The highest BCUT2D eigenvalue weighted by Gasteiger charge is 2.14. The van der Waals surface area contributed by atoms with Crippen molar-refractivity contribution >= 4 is 27.7 Å². The molecular formula is C14H22BrN3O2. The largest absolute Gasteiger partial charge is 0.384 e. The Morgan fingerprint density at radius 2 is 2.30 bits per heavy atom. The number of hydrogen-bond donors (Lipinski definition) is 2. The molecule has 0 radical (unpaired) electrons. The zero-order valence-electron chi connectivity index (χ0n) is 12.2. The fourth-order valence-corrected chi connectivity index (χ4v) is 2.03. The topological polar surface area (TPSA) is 63.2 Å². The van der Waals surface area contributed by atoms with Crippen molar-refractivity contribution in [1.82, 2.24) is 10.3 Å². The van der Waals surface area contributed by atoms with E-state index in [1.807, 2.05) is 6.92 Å². The molecule has 112 valence electrons. The van der Waals surface area contributed by atoms with Crippen molar-refractivity contribution in [2.24, 2.45) is 5.92 Å². The van der Waals surface area contributed by atoms with Crippen LogP contribution in [0.25, 0.3) is 0 Å². The minimum absolute atomic E-state index is 0.125. The van der Waals surface area contributed by atoms with Gasteiger partial charge in [0.15, 0.2) is 0 Å². The van der Waals surface area contributed by atoms with Gasteiger partial charge in [0.05, 0.1) is 12.2 Å². The number of rotatable bonds is 8. The van der Waals surface area contributed by atoms with E-state index in [2.05, 4.69) is 38.5 Å². The van der Waals surface area contributed by atoms with Gasteiger partial charge in [-0.05, 0) is 34.3 Å². The maximum absolute atomic E-state index is 12.2. The molecule has 0 saturated carbocycles. The van der Waals surface area contributed by atoms with Crippen LogP contribution in [0.5, 0.6) is 0 Å². The highest BCUT2D eigenvalue weighted by molar-refractivity contribution is 9.10. The Balaban J connectivity index is 2.72. The van der Waals surface area contributed by atoms with Gasteiger partial charge in [0.2, 0.25) is 0 Å². The molecule has 1 unspecified atom stereocenters. The number of carbonyl (C=O) groups excluding carboxylic acids is 1. The van der Waals surface area contributed by atoms with Crippen molar-refractivity contribution in [3.8, 4) is 0 Å². The molecule has 5 nitrogen and oxygen atoms in total. The van der Waals surface area contributed by atoms with Crippen LogP contribution < -0.4 is 10.6 Å². The molecule has 1 heterocycles. The lowest BCUT2D eigenvalue weighted by Gasteiger charge is -2.14. The van der Waals surface area contributed by atoms with Crippen LogP contribution >= 0.6 is 15.9 Å². The van der Waals surface area contributed by atoms with E-state index in [0.29, 0.717) is 24.5 Å². The molecule has 0 aliphatic rings. The van der Waals surface area contributed by atoms with Gasteiger partial charge in [0.1, 0.15) is 5.82 Å². The molecule has 0 fully saturated rings. The third-order valence-electron chi connectivity index (χ3n) is 2.70. The number of carbonyl (C=O) groups is 1. The molecule has 0 aliphatic carbocycles. The number of hydrogen-bond acceptors (Lipinski definition) is 4. The molecule has 1 rings (SSSR count). The van der Waals surface area contributed by atoms with Crippen LogP contribution in [0.15, 0.2) is 16.7 Å². The summed E-state index contributed by atoms with van der Waals surface area (Å²) < 4.78 is 5.84. The molecule has 0 saturated heterocycles. The number of nitrogens with zero attached hydrogens (tertiary/aromatic N) is 1. The fraction of sp³-hybridized carbons (Fsp3) is 0.571. The Hall–Kier alpha value is -1.14. The van der Waals surface area contributed by atoms with E-state index in [0.717, 1.165) is 17.4 Å². The molecule has 1 atom stereocenters. The van der Waals surface area contributed by atoms with Gasteiger partial charge in [0, 0.05) is 30.9 Å². The predicted molar refractivity (Wildman–Crippen MR) is 84.1 cm³/mol. The zero-order valence-corrected chi connectivity index (χ0v) is 13.8. The molecule has 1 aromatic rings. The third-order valence-corrected chi connectivity index (χ3v) is 3.14. The molecule has 0 bridgehead atoms. The smallest absolute Gasteiger partial charge is 0.255 e. The standard InChI is InChI=1S/C14H22BrN3O2/c1-4-5-16-13-12(6-11(15)8-17-13)14(19)18-7-10(2)9-20-3/h6,8,10H,4-5,7,9H2,1-3H3,(H,16,17)(H,18,19). The normalized spacial score (nSPS) is 12.0. The van der Waals surface area contributed by atoms with Crippen LogP contribution in [-0.4, -0.2) is 37.7 Å². The van der Waals surface area contributed by atoms with Gasteiger partial charge in [-0.3, -0.25) is 4.79 Å². The lowest BCUT2D eigenvalue weighted by molar-refractivity contribution is 0.0934. The second-order valence-corrected chi connectivity index (χ2v) is 5.66. The van der Waals surface area contributed by atoms with Crippen molar-refractivity contribution in [3.63, 3.8) is 0 Å². The quantitative estimate of drug-likeness (QED) is 0.761. The monoisotopic (exact) mass is 343 g/mol. The Kier molecular flexibility index (Phi) is 7.54. The number of amides is 1. The van der Waals surface area contributed by atoms with Crippen molar-refractivity contribution in [3.05, 3.63) is 22.3 Å². The molecule has 0 aliphatic heterocycles. The van der Waals surface area contributed by atoms with Crippen LogP contribution in [0.2, 0.25) is 0 Å². The number of methoxy groups -OCH3 is 1. The summed E-state index contributed by atoms with van der Waals surface area (Å²) in [4.78, 5) is 16.5. The first-order valence-corrected chi connectivity index (χ1v) is 7.54. The summed E-state index contributed by atoms with van der Waals surface area (Å²) in [5, 5.41) is 6.07. The molecule has 6 heteroatoms. The second-order valence-electron chi connectivity index (χ2n) is 4.75. The predicted octanol–water partition coefficient (Wildman–Crippen LogP) is 2.68. The highest BCUT2D eigenvalue weighted by Crippen LogP contribution is 2.18. The molecule has 0 spiro atoms. The summed E-state index contributed by atoms with van der Waals surface area (Å²) >= 11 is 3.35. The molecule has 1 amide bonds. The molecule has 20 heavy (non-hydrogen) atoms. The van der Waals surface area contributed by atoms with Crippen molar-refractivity contribution in [2.75, 3.05) is 32.1 Å². The molecular weight excluding hydrogens is 322 g/mol. The lowest BCUT2D eigenvalue weighted by Crippen LogP contribution is -2.30. The van der Waals surface area contributed by atoms with E-state index < -0.39 is 0 Å². The van der Waals surface area contributed by atoms with Crippen LogP contribution in [0.4, 0.5) is 5.82 Å². The Bertz CT molecular complexity index is 440. The van der Waals surface area contributed by atoms with Gasteiger partial charge in [-0.1, -0.05) is 13.8 Å². The summed E-state index contributed by atoms with van der Waals surface area (Å²) in [6, 6.07) is 1.78. The minimum atomic E-state index is -0.125. The van der Waals surface area contributed by atoms with E-state index in [1.54, 1.807) is 19.4 Å². The fourth-order valence-electron chi connectivity index (χ4n) is 1.70. The summed E-state index contributed by atoms with van der Waals surface area (Å²) in [5.74, 6) is 0.767. The van der Waals surface area contributed by atoms with Crippen LogP contribution in [0, 0.1) is 5.92 Å². The number of anilines is 1. The first-order valence-electron chi connectivity index (χ1n) is 6.75. The molecule has 1 aromatic heterocycles. The van der Waals surface area contributed by atoms with Gasteiger partial charge in [0.25, 0.3) is 5.91 Å². The lowest BCUT2D eigenvalue weighted by atomic mass is 10.2. The Morgan fingerprint density at radius 3 is 2.95 bits per heavy atom. The van der Waals surface area contributed by atoms with E-state index in [9.17, 15) is 4.79 Å². The van der Waals surface area contributed by atoms with Gasteiger partial charge < -0.3 is 15.4 Å². The van der Waals surface area contributed by atoms with Crippen molar-refractivity contribution < 1.29 is 9.53 Å². The highest BCUT2D eigenvalue weighted by atomic mass is 79.9. The number of ether oxygens (including phenoxy) is 1. The Labute approximate surface area is 128 Å². The van der Waals surface area contributed by atoms with Gasteiger partial charge >= 0.3 is 0 Å². The SMILES string of the molecule is CCCNc1ncc(Br)cc1C(=O)NCC(C)COC. The average Bonchev–Trinajstić information content (AvgIpc) is 2.43. The summed E-state index contributed by atoms with van der Waals surface area (Å²) in [6.45, 7) is 6.08. The van der Waals surface area contributed by atoms with Crippen LogP contribution in [0.3, 0.4) is 0 Å². The minimum Gasteiger partial charge on any atom is -0.384 e. The second kappa shape index (κ2) is 8.92. The molecule has 2 N–H and O–H groups in total. The van der Waals surface area contributed by atoms with Crippen LogP contribution in [0.1, 0.15) is 30.6 Å². The van der Waals surface area contributed by atoms with E-state index in [-0.39, 0.29) is 11.8 Å². The maximum Gasteiger partial charge on any atom is 0.255 e. The van der Waals surface area contributed by atoms with E-state index in [1.165, 1.54) is 0 Å². The van der Waals surface area contributed by atoms with Gasteiger partial charge in [-0.2, -0.15) is 0 Å². The van der Waals surface area contributed by atoms with Gasteiger partial charge in [-0.15, -0.1) is 0 Å². The van der Waals surface area contributed by atoms with Crippen LogP contribution in [-0.2, 0) is 4.74 Å². The van der Waals surface area contributed by atoms with Gasteiger partial charge in [-0.25, -0.2) is 4.98 Å². The zero-order chi connectivity index (χ0) is 15.0.